The molecule has 0 spiro atoms. The summed E-state index contributed by atoms with van der Waals surface area (Å²) < 4.78 is 0. The molecule has 0 aromatic carbocycles. The number of Topliss-reactive ketones (excluding diaryl/α,β-unsaturated/α-hetero) is 1. The van der Waals surface area contributed by atoms with Crippen molar-refractivity contribution in [1.29, 1.82) is 0 Å². The molecule has 1 heterocycles. The van der Waals surface area contributed by atoms with Gasteiger partial charge in [0, 0.05) is 18.3 Å². The molecule has 0 aromatic rings. The number of ketones is 1. The van der Waals surface area contributed by atoms with E-state index in [-0.39, 0.29) is 29.1 Å². The van der Waals surface area contributed by atoms with Gasteiger partial charge in [0.25, 0.3) is 5.91 Å². The van der Waals surface area contributed by atoms with Crippen molar-refractivity contribution < 1.29 is 29.7 Å². The second kappa shape index (κ2) is 8.85. The van der Waals surface area contributed by atoms with Gasteiger partial charge in [-0.1, -0.05) is 37.6 Å². The second-order valence-corrected chi connectivity index (χ2v) is 10.2. The molecule has 3 rings (SSSR count). The number of rotatable bonds is 5. The number of aliphatic carboxylic acids is 1. The molecule has 3 aliphatic rings. The number of hydrogen-bond acceptors (Lipinski definition) is 5. The van der Waals surface area contributed by atoms with Gasteiger partial charge in [-0.15, -0.1) is 0 Å². The fourth-order valence-corrected chi connectivity index (χ4v) is 5.98. The molecule has 1 aliphatic heterocycles. The highest BCUT2D eigenvalue weighted by Gasteiger charge is 2.49. The van der Waals surface area contributed by atoms with Crippen molar-refractivity contribution in [1.82, 2.24) is 5.32 Å². The molecule has 1 amide bonds. The first-order valence-electron chi connectivity index (χ1n) is 11.4. The van der Waals surface area contributed by atoms with Crippen LogP contribution in [0, 0.1) is 35.5 Å². The van der Waals surface area contributed by atoms with Crippen molar-refractivity contribution in [2.24, 2.45) is 35.5 Å². The van der Waals surface area contributed by atoms with Gasteiger partial charge in [0.2, 0.25) is 0 Å². The van der Waals surface area contributed by atoms with Crippen LogP contribution in [0.3, 0.4) is 0 Å². The maximum Gasteiger partial charge on any atom is 0.335 e. The molecule has 8 atom stereocenters. The lowest BCUT2D eigenvalue weighted by Gasteiger charge is -2.47. The molecule has 2 aliphatic carbocycles. The maximum absolute atomic E-state index is 13.1. The van der Waals surface area contributed by atoms with Gasteiger partial charge >= 0.3 is 5.97 Å². The lowest BCUT2D eigenvalue weighted by atomic mass is 9.57. The summed E-state index contributed by atoms with van der Waals surface area (Å²) in [5, 5.41) is 33.2. The zero-order valence-corrected chi connectivity index (χ0v) is 19.5. The Morgan fingerprint density at radius 2 is 1.88 bits per heavy atom. The summed E-state index contributed by atoms with van der Waals surface area (Å²) >= 11 is 0. The Morgan fingerprint density at radius 3 is 2.47 bits per heavy atom. The Bertz CT molecular complexity index is 898. The van der Waals surface area contributed by atoms with Gasteiger partial charge in [0.1, 0.15) is 11.3 Å². The summed E-state index contributed by atoms with van der Waals surface area (Å²) in [7, 11) is 0. The highest BCUT2D eigenvalue weighted by atomic mass is 16.4. The molecular weight excluding hydrogens is 410 g/mol. The number of fused-ring (bicyclic) bond motifs is 1. The third-order valence-corrected chi connectivity index (χ3v) is 7.68. The van der Waals surface area contributed by atoms with Crippen molar-refractivity contribution in [2.75, 3.05) is 0 Å². The van der Waals surface area contributed by atoms with Crippen LogP contribution in [0.1, 0.15) is 53.9 Å². The van der Waals surface area contributed by atoms with Crippen LogP contribution in [0.2, 0.25) is 0 Å². The van der Waals surface area contributed by atoms with E-state index in [4.69, 9.17) is 0 Å². The van der Waals surface area contributed by atoms with Gasteiger partial charge in [0.15, 0.2) is 11.4 Å². The molecule has 176 valence electrons. The number of carbonyl (C=O) groups excluding carboxylic acids is 2. The van der Waals surface area contributed by atoms with Gasteiger partial charge in [-0.2, -0.15) is 0 Å². The van der Waals surface area contributed by atoms with E-state index in [1.165, 1.54) is 0 Å². The third kappa shape index (κ3) is 4.27. The lowest BCUT2D eigenvalue weighted by Crippen LogP contribution is -2.43. The van der Waals surface area contributed by atoms with E-state index in [0.29, 0.717) is 11.8 Å². The average molecular weight is 446 g/mol. The van der Waals surface area contributed by atoms with Crippen molar-refractivity contribution in [2.45, 2.75) is 65.5 Å². The van der Waals surface area contributed by atoms with E-state index in [1.807, 2.05) is 19.9 Å². The number of allylic oxidation sites excluding steroid dienone is 5. The molecule has 0 bridgehead atoms. The number of amides is 1. The molecule has 4 N–H and O–H groups in total. The second-order valence-electron chi connectivity index (χ2n) is 10.2. The normalized spacial score (nSPS) is 38.7. The fraction of sp³-hybridized carbons (Fsp3) is 0.640. The average Bonchev–Trinajstić information content (AvgIpc) is 2.98. The molecule has 1 saturated heterocycles. The first-order valence-corrected chi connectivity index (χ1v) is 11.4. The van der Waals surface area contributed by atoms with Gasteiger partial charge < -0.3 is 20.6 Å². The summed E-state index contributed by atoms with van der Waals surface area (Å²) in [6.07, 6.45) is 7.85. The Balaban J connectivity index is 2.04. The number of nitrogens with one attached hydrogen (secondary N) is 1. The zero-order chi connectivity index (χ0) is 24.0. The Morgan fingerprint density at radius 1 is 1.22 bits per heavy atom. The quantitative estimate of drug-likeness (QED) is 0.223. The van der Waals surface area contributed by atoms with Crippen molar-refractivity contribution in [3.8, 4) is 0 Å². The summed E-state index contributed by atoms with van der Waals surface area (Å²) in [6, 6.07) is -1.19. The SMILES string of the molecule is C/C=C(\C)[C@@H]1C=C[C@@H]2C[C@H](C)C[C@H](C)C2[C@@H]1/C(O)=C1\C(=O)N[C@H](C[C@@](C)(O)C(=O)O)C1=O. The molecular formula is C25H35NO6. The summed E-state index contributed by atoms with van der Waals surface area (Å²) in [4.78, 5) is 37.1. The molecule has 1 unspecified atom stereocenters. The first-order chi connectivity index (χ1) is 14.9. The van der Waals surface area contributed by atoms with Gasteiger partial charge in [-0.05, 0) is 57.3 Å². The van der Waals surface area contributed by atoms with E-state index >= 15 is 0 Å². The summed E-state index contributed by atoms with van der Waals surface area (Å²) in [5.74, 6) is -2.39. The van der Waals surface area contributed by atoms with Gasteiger partial charge in [-0.25, -0.2) is 4.79 Å². The lowest BCUT2D eigenvalue weighted by molar-refractivity contribution is -0.158. The van der Waals surface area contributed by atoms with Crippen LogP contribution < -0.4 is 5.32 Å². The highest BCUT2D eigenvalue weighted by molar-refractivity contribution is 6.27. The minimum atomic E-state index is -2.17. The van der Waals surface area contributed by atoms with Crippen LogP contribution >= 0.6 is 0 Å². The van der Waals surface area contributed by atoms with E-state index in [2.05, 4.69) is 31.3 Å². The van der Waals surface area contributed by atoms with E-state index in [9.17, 15) is 29.7 Å². The van der Waals surface area contributed by atoms with E-state index < -0.39 is 41.6 Å². The highest BCUT2D eigenvalue weighted by Crippen LogP contribution is 2.51. The maximum atomic E-state index is 13.1. The van der Waals surface area contributed by atoms with Crippen molar-refractivity contribution in [3.05, 3.63) is 35.1 Å². The van der Waals surface area contributed by atoms with Crippen LogP contribution in [0.5, 0.6) is 0 Å². The summed E-state index contributed by atoms with van der Waals surface area (Å²) in [6.45, 7) is 9.40. The van der Waals surface area contributed by atoms with Crippen LogP contribution in [0.25, 0.3) is 0 Å². The monoisotopic (exact) mass is 445 g/mol. The largest absolute Gasteiger partial charge is 0.511 e. The Kier molecular flexibility index (Phi) is 6.70. The molecule has 7 nitrogen and oxygen atoms in total. The number of carboxylic acids is 1. The molecule has 0 aromatic heterocycles. The number of carboxylic acid groups (broad SMARTS) is 1. The van der Waals surface area contributed by atoms with E-state index in [0.717, 1.165) is 25.3 Å². The van der Waals surface area contributed by atoms with Crippen LogP contribution in [-0.2, 0) is 14.4 Å². The number of aliphatic hydroxyl groups is 2. The topological polar surface area (TPSA) is 124 Å². The van der Waals surface area contributed by atoms with Gasteiger partial charge in [-0.3, -0.25) is 9.59 Å². The predicted molar refractivity (Wildman–Crippen MR) is 120 cm³/mol. The standard InChI is InChI=1S/C25H35NO6/c1-6-13(3)16-8-7-15-10-12(2)9-14(4)18(15)19(16)22(28)20-21(27)17(26-23(20)29)11-25(5,32)24(30)31/h6-8,12,14-19,28,32H,9-11H2,1-5H3,(H,26,29)(H,30,31)/b13-6+,22-20+/t12-,14+,15-,16+,17-,18?,19-,25-/m1/s1. The summed E-state index contributed by atoms with van der Waals surface area (Å²) in [5.41, 5.74) is -1.41. The number of carbonyl (C=O) groups is 3. The molecule has 1 saturated carbocycles. The zero-order valence-electron chi connectivity index (χ0n) is 19.5. The van der Waals surface area contributed by atoms with E-state index in [1.54, 1.807) is 0 Å². The Hall–Kier alpha value is -2.41. The first kappa shape index (κ1) is 24.2. The molecule has 7 heteroatoms. The van der Waals surface area contributed by atoms with Crippen LogP contribution in [0.4, 0.5) is 0 Å². The minimum Gasteiger partial charge on any atom is -0.511 e. The van der Waals surface area contributed by atoms with Crippen LogP contribution in [0.15, 0.2) is 35.1 Å². The number of hydrogen-bond donors (Lipinski definition) is 4. The minimum absolute atomic E-state index is 0.0883. The smallest absolute Gasteiger partial charge is 0.335 e. The van der Waals surface area contributed by atoms with Crippen LogP contribution in [-0.4, -0.2) is 44.6 Å². The predicted octanol–water partition coefficient (Wildman–Crippen LogP) is 3.16. The molecule has 2 fully saturated rings. The molecule has 32 heavy (non-hydrogen) atoms. The van der Waals surface area contributed by atoms with Crippen molar-refractivity contribution >= 4 is 17.7 Å². The Labute approximate surface area is 189 Å². The van der Waals surface area contributed by atoms with Gasteiger partial charge in [0.05, 0.1) is 6.04 Å². The fourth-order valence-electron chi connectivity index (χ4n) is 5.98. The number of aliphatic hydroxyl groups excluding tert-OH is 1. The third-order valence-electron chi connectivity index (χ3n) is 7.68. The van der Waals surface area contributed by atoms with Crippen molar-refractivity contribution in [3.63, 3.8) is 0 Å². The molecule has 0 radical (unpaired) electrons.